The van der Waals surface area contributed by atoms with Gasteiger partial charge in [-0.2, -0.15) is 0 Å². The molecule has 1 unspecified atom stereocenters. The molecule has 2 aromatic rings. The van der Waals surface area contributed by atoms with Crippen molar-refractivity contribution in [1.29, 1.82) is 0 Å². The molecule has 1 amide bonds. The number of aromatic nitrogens is 1. The number of fused-ring (bicyclic) bond motifs is 4. The quantitative estimate of drug-likeness (QED) is 0.613. The number of aromatic amines is 1. The molecular formula is C28H40N4O3. The number of rotatable bonds is 5. The van der Waals surface area contributed by atoms with Crippen LogP contribution in [0, 0.1) is 11.8 Å². The summed E-state index contributed by atoms with van der Waals surface area (Å²) in [5.74, 6) is 2.15. The lowest BCUT2D eigenvalue weighted by Gasteiger charge is -2.51. The third kappa shape index (κ3) is 4.05. The smallest absolute Gasteiger partial charge is 0.225 e. The number of benzene rings is 1. The van der Waals surface area contributed by atoms with Gasteiger partial charge in [-0.1, -0.05) is 6.42 Å². The van der Waals surface area contributed by atoms with E-state index in [9.17, 15) is 9.90 Å². The predicted octanol–water partition coefficient (Wildman–Crippen LogP) is 3.19. The van der Waals surface area contributed by atoms with Gasteiger partial charge >= 0.3 is 0 Å². The van der Waals surface area contributed by atoms with Gasteiger partial charge in [-0.05, 0) is 75.2 Å². The highest BCUT2D eigenvalue weighted by Crippen LogP contribution is 2.49. The van der Waals surface area contributed by atoms with Crippen molar-refractivity contribution in [3.63, 3.8) is 0 Å². The third-order valence-electron chi connectivity index (χ3n) is 9.46. The van der Waals surface area contributed by atoms with Crippen LogP contribution in [0.15, 0.2) is 18.2 Å². The normalized spacial score (nSPS) is 25.5. The molecule has 3 fully saturated rings. The van der Waals surface area contributed by atoms with Crippen molar-refractivity contribution in [1.82, 2.24) is 20.1 Å². The predicted molar refractivity (Wildman–Crippen MR) is 137 cm³/mol. The molecule has 190 valence electrons. The summed E-state index contributed by atoms with van der Waals surface area (Å²) in [6.45, 7) is 5.94. The largest absolute Gasteiger partial charge is 0.497 e. The Hall–Kier alpha value is -2.09. The van der Waals surface area contributed by atoms with E-state index in [0.717, 1.165) is 76.2 Å². The molecule has 4 heterocycles. The van der Waals surface area contributed by atoms with Crippen LogP contribution >= 0.6 is 0 Å². The fourth-order valence-corrected chi connectivity index (χ4v) is 7.18. The van der Waals surface area contributed by atoms with Gasteiger partial charge in [-0.15, -0.1) is 0 Å². The first kappa shape index (κ1) is 23.3. The second-order valence-corrected chi connectivity index (χ2v) is 11.4. The fourth-order valence-electron chi connectivity index (χ4n) is 7.18. The van der Waals surface area contributed by atoms with Gasteiger partial charge in [0.1, 0.15) is 5.75 Å². The zero-order valence-corrected chi connectivity index (χ0v) is 21.0. The molecule has 7 nitrogen and oxygen atoms in total. The molecule has 2 saturated heterocycles. The second kappa shape index (κ2) is 9.41. The summed E-state index contributed by atoms with van der Waals surface area (Å²) in [6.07, 6.45) is 7.69. The molecule has 1 aromatic heterocycles. The minimum atomic E-state index is -0.0152. The summed E-state index contributed by atoms with van der Waals surface area (Å²) in [5, 5.41) is 15.3. The Morgan fingerprint density at radius 3 is 2.60 bits per heavy atom. The molecule has 1 aliphatic carbocycles. The molecule has 4 aliphatic rings. The van der Waals surface area contributed by atoms with Crippen LogP contribution in [-0.2, 0) is 10.2 Å². The Labute approximate surface area is 208 Å². The Balaban J connectivity index is 1.36. The first-order valence-corrected chi connectivity index (χ1v) is 13.7. The van der Waals surface area contributed by atoms with Gasteiger partial charge in [0.05, 0.1) is 19.8 Å². The Kier molecular flexibility index (Phi) is 6.27. The number of H-pyrrole nitrogens is 1. The fraction of sp³-hybridized carbons (Fsp3) is 0.679. The van der Waals surface area contributed by atoms with Gasteiger partial charge in [-0.25, -0.2) is 0 Å². The number of ether oxygens (including phenoxy) is 1. The molecule has 1 atom stereocenters. The minimum Gasteiger partial charge on any atom is -0.497 e. The van der Waals surface area contributed by atoms with E-state index in [0.29, 0.717) is 11.8 Å². The molecule has 1 saturated carbocycles. The lowest BCUT2D eigenvalue weighted by Crippen LogP contribution is -2.56. The highest BCUT2D eigenvalue weighted by molar-refractivity contribution is 5.88. The van der Waals surface area contributed by atoms with E-state index in [1.54, 1.807) is 7.11 Å². The summed E-state index contributed by atoms with van der Waals surface area (Å²) in [5.41, 5.74) is 3.64. The van der Waals surface area contributed by atoms with Crippen molar-refractivity contribution in [2.24, 2.45) is 11.8 Å². The zero-order valence-electron chi connectivity index (χ0n) is 21.0. The molecule has 1 aromatic carbocycles. The van der Waals surface area contributed by atoms with Gasteiger partial charge in [0.2, 0.25) is 5.91 Å². The Morgan fingerprint density at radius 1 is 1.17 bits per heavy atom. The van der Waals surface area contributed by atoms with Gasteiger partial charge in [0.15, 0.2) is 0 Å². The summed E-state index contributed by atoms with van der Waals surface area (Å²) in [7, 11) is 1.71. The molecule has 35 heavy (non-hydrogen) atoms. The number of aliphatic hydroxyl groups is 1. The number of hydrogen-bond donors (Lipinski definition) is 3. The number of hydrogen-bond acceptors (Lipinski definition) is 5. The number of aliphatic hydroxyl groups excluding tert-OH is 1. The SMILES string of the molecule is COc1ccc2c3c([nH]c2c1)C(CO)N(CC1CCNCC1)CC31CCN(C(=O)C2CCC2)CC1. The number of nitrogens with zero attached hydrogens (tertiary/aromatic N) is 2. The van der Waals surface area contributed by atoms with Crippen LogP contribution < -0.4 is 10.1 Å². The highest BCUT2D eigenvalue weighted by Gasteiger charge is 2.48. The lowest BCUT2D eigenvalue weighted by atomic mass is 9.67. The topological polar surface area (TPSA) is 80.8 Å². The second-order valence-electron chi connectivity index (χ2n) is 11.4. The summed E-state index contributed by atoms with van der Waals surface area (Å²) in [6, 6.07) is 6.31. The van der Waals surface area contributed by atoms with Crippen molar-refractivity contribution in [2.45, 2.75) is 56.4 Å². The Bertz CT molecular complexity index is 1060. The number of likely N-dealkylation sites (tertiary alicyclic amines) is 1. The molecule has 0 radical (unpaired) electrons. The first-order chi connectivity index (χ1) is 17.1. The summed E-state index contributed by atoms with van der Waals surface area (Å²) >= 11 is 0. The highest BCUT2D eigenvalue weighted by atomic mass is 16.5. The van der Waals surface area contributed by atoms with E-state index in [1.165, 1.54) is 35.9 Å². The number of carbonyl (C=O) groups is 1. The lowest BCUT2D eigenvalue weighted by molar-refractivity contribution is -0.140. The molecule has 7 heteroatoms. The van der Waals surface area contributed by atoms with Crippen LogP contribution in [0.4, 0.5) is 0 Å². The van der Waals surface area contributed by atoms with E-state index >= 15 is 0 Å². The molecule has 6 rings (SSSR count). The monoisotopic (exact) mass is 480 g/mol. The standard InChI is InChI=1S/C28H40N4O3/c1-35-21-5-6-22-23(15-21)30-26-24(17-33)32(16-19-7-11-29-12-8-19)18-28(25(22)26)9-13-31(14-10-28)27(34)20-3-2-4-20/h5-6,15,19-20,24,29-30,33H,2-4,7-14,16-18H2,1H3. The number of nitrogens with one attached hydrogen (secondary N) is 2. The number of piperidine rings is 2. The van der Waals surface area contributed by atoms with Crippen molar-refractivity contribution < 1.29 is 14.6 Å². The van der Waals surface area contributed by atoms with Gasteiger partial charge < -0.3 is 25.0 Å². The van der Waals surface area contributed by atoms with Crippen molar-refractivity contribution in [2.75, 3.05) is 53.0 Å². The average Bonchev–Trinajstić information content (AvgIpc) is 3.23. The van der Waals surface area contributed by atoms with E-state index in [4.69, 9.17) is 4.74 Å². The Morgan fingerprint density at radius 2 is 1.94 bits per heavy atom. The van der Waals surface area contributed by atoms with Crippen LogP contribution in [-0.4, -0.2) is 78.8 Å². The van der Waals surface area contributed by atoms with Crippen LogP contribution in [0.5, 0.6) is 5.75 Å². The first-order valence-electron chi connectivity index (χ1n) is 13.7. The van der Waals surface area contributed by atoms with Crippen molar-refractivity contribution in [3.05, 3.63) is 29.5 Å². The van der Waals surface area contributed by atoms with Crippen molar-refractivity contribution in [3.8, 4) is 5.75 Å². The average molecular weight is 481 g/mol. The maximum Gasteiger partial charge on any atom is 0.225 e. The molecule has 3 N–H and O–H groups in total. The van der Waals surface area contributed by atoms with E-state index in [1.807, 2.05) is 0 Å². The van der Waals surface area contributed by atoms with Crippen LogP contribution in [0.25, 0.3) is 10.9 Å². The van der Waals surface area contributed by atoms with Gasteiger partial charge in [-0.3, -0.25) is 9.69 Å². The molecule has 1 spiro atoms. The third-order valence-corrected chi connectivity index (χ3v) is 9.46. The molecular weight excluding hydrogens is 440 g/mol. The minimum absolute atomic E-state index is 0.00283. The van der Waals surface area contributed by atoms with E-state index in [2.05, 4.69) is 38.3 Å². The van der Waals surface area contributed by atoms with E-state index in [-0.39, 0.29) is 24.0 Å². The van der Waals surface area contributed by atoms with Gasteiger partial charge in [0.25, 0.3) is 0 Å². The number of carbonyl (C=O) groups excluding carboxylic acids is 1. The maximum absolute atomic E-state index is 13.0. The number of amides is 1. The maximum atomic E-state index is 13.0. The van der Waals surface area contributed by atoms with Crippen LogP contribution in [0.3, 0.4) is 0 Å². The van der Waals surface area contributed by atoms with E-state index < -0.39 is 0 Å². The van der Waals surface area contributed by atoms with Crippen LogP contribution in [0.1, 0.15) is 62.2 Å². The summed E-state index contributed by atoms with van der Waals surface area (Å²) in [4.78, 5) is 21.4. The molecule has 3 aliphatic heterocycles. The van der Waals surface area contributed by atoms with Crippen molar-refractivity contribution >= 4 is 16.8 Å². The van der Waals surface area contributed by atoms with Gasteiger partial charge in [0, 0.05) is 60.2 Å². The van der Waals surface area contributed by atoms with Crippen LogP contribution in [0.2, 0.25) is 0 Å². The number of methoxy groups -OCH3 is 1. The summed E-state index contributed by atoms with van der Waals surface area (Å²) < 4.78 is 5.52. The zero-order chi connectivity index (χ0) is 24.0. The molecule has 0 bridgehead atoms.